The van der Waals surface area contributed by atoms with Crippen LogP contribution in [-0.2, 0) is 25.4 Å². The van der Waals surface area contributed by atoms with E-state index in [1.165, 1.54) is 23.7 Å². The summed E-state index contributed by atoms with van der Waals surface area (Å²) in [7, 11) is 1.19. The first-order chi connectivity index (χ1) is 19.3. The first-order valence-electron chi connectivity index (χ1n) is 12.2. The third kappa shape index (κ3) is 5.17. The first-order valence-corrected chi connectivity index (χ1v) is 12.2. The van der Waals surface area contributed by atoms with Crippen LogP contribution in [-0.4, -0.2) is 35.3 Å². The van der Waals surface area contributed by atoms with Gasteiger partial charge in [-0.1, -0.05) is 36.4 Å². The molecule has 0 unspecified atom stereocenters. The van der Waals surface area contributed by atoms with E-state index in [1.54, 1.807) is 30.3 Å². The summed E-state index contributed by atoms with van der Waals surface area (Å²) in [5.41, 5.74) is -3.08. The molecule has 0 fully saturated rings. The molecule has 0 aliphatic carbocycles. The van der Waals surface area contributed by atoms with Crippen molar-refractivity contribution in [3.63, 3.8) is 0 Å². The molecule has 1 aliphatic rings. The Morgan fingerprint density at radius 1 is 0.976 bits per heavy atom. The molecule has 0 saturated heterocycles. The van der Waals surface area contributed by atoms with Gasteiger partial charge in [0.1, 0.15) is 24.2 Å². The molecule has 5 rings (SSSR count). The van der Waals surface area contributed by atoms with Crippen molar-refractivity contribution in [1.29, 1.82) is 0 Å². The summed E-state index contributed by atoms with van der Waals surface area (Å²) >= 11 is 0. The predicted molar refractivity (Wildman–Crippen MR) is 137 cm³/mol. The van der Waals surface area contributed by atoms with Crippen molar-refractivity contribution >= 4 is 23.1 Å². The fourth-order valence-corrected chi connectivity index (χ4v) is 4.93. The van der Waals surface area contributed by atoms with Gasteiger partial charge < -0.3 is 14.2 Å². The molecule has 1 amide bonds. The van der Waals surface area contributed by atoms with Crippen molar-refractivity contribution in [2.75, 3.05) is 13.7 Å². The van der Waals surface area contributed by atoms with Crippen LogP contribution >= 0.6 is 0 Å². The van der Waals surface area contributed by atoms with Gasteiger partial charge in [-0.25, -0.2) is 0 Å². The highest BCUT2D eigenvalue weighted by molar-refractivity contribution is 6.10. The Morgan fingerprint density at radius 2 is 1.61 bits per heavy atom. The maximum atomic E-state index is 13.8. The van der Waals surface area contributed by atoms with Crippen LogP contribution < -0.4 is 10.3 Å². The van der Waals surface area contributed by atoms with E-state index in [2.05, 4.69) is 0 Å². The summed E-state index contributed by atoms with van der Waals surface area (Å²) in [5, 5.41) is 0.468. The Balaban J connectivity index is 1.67. The van der Waals surface area contributed by atoms with Gasteiger partial charge in [0, 0.05) is 30.1 Å². The Morgan fingerprint density at radius 3 is 2.20 bits per heavy atom. The topological polar surface area (TPSA) is 68.6 Å². The minimum absolute atomic E-state index is 0.00650. The van der Waals surface area contributed by atoms with E-state index < -0.39 is 47.1 Å². The van der Waals surface area contributed by atoms with Crippen LogP contribution in [0.1, 0.15) is 37.4 Å². The molecule has 6 nitrogen and oxygen atoms in total. The fourth-order valence-electron chi connectivity index (χ4n) is 4.93. The van der Waals surface area contributed by atoms with Crippen LogP contribution in [0.25, 0.3) is 22.0 Å². The van der Waals surface area contributed by atoms with Crippen molar-refractivity contribution in [2.24, 2.45) is 0 Å². The van der Waals surface area contributed by atoms with Crippen molar-refractivity contribution in [1.82, 2.24) is 9.47 Å². The number of aldehydes is 1. The second-order valence-corrected chi connectivity index (χ2v) is 9.52. The summed E-state index contributed by atoms with van der Waals surface area (Å²) in [6.07, 6.45) is -9.49. The SMILES string of the molecule is CN(Cc1cc(C(F)(F)F)cc(C(F)(F)F)c1)C(=O)c1c(-c2ccc(C=O)cc2)c2cccc3c2n(c1=O)CCO3. The number of pyridine rings is 1. The zero-order chi connectivity index (χ0) is 29.7. The molecule has 2 heterocycles. The van der Waals surface area contributed by atoms with E-state index in [4.69, 9.17) is 4.74 Å². The van der Waals surface area contributed by atoms with Gasteiger partial charge in [-0.3, -0.25) is 14.4 Å². The number of carbonyl (C=O) groups is 2. The van der Waals surface area contributed by atoms with Gasteiger partial charge >= 0.3 is 12.4 Å². The Hall–Kier alpha value is -4.61. The summed E-state index contributed by atoms with van der Waals surface area (Å²) in [6, 6.07) is 12.2. The minimum atomic E-state index is -5.06. The van der Waals surface area contributed by atoms with Gasteiger partial charge in [0.2, 0.25) is 0 Å². The van der Waals surface area contributed by atoms with Crippen LogP contribution in [0.2, 0.25) is 0 Å². The largest absolute Gasteiger partial charge is 0.490 e. The second-order valence-electron chi connectivity index (χ2n) is 9.52. The summed E-state index contributed by atoms with van der Waals surface area (Å²) in [5.74, 6) is -0.495. The van der Waals surface area contributed by atoms with E-state index in [0.29, 0.717) is 46.2 Å². The number of benzene rings is 3. The highest BCUT2D eigenvalue weighted by atomic mass is 19.4. The summed E-state index contributed by atoms with van der Waals surface area (Å²) in [4.78, 5) is 39.7. The standard InChI is InChI=1S/C29H20F6N2O4/c1-36(14-17-11-19(28(30,31)32)13-20(12-17)29(33,34)35)26(39)24-23(18-7-5-16(15-38)6-8-18)21-3-2-4-22-25(21)37(27(24)40)9-10-41-22/h2-8,11-13,15H,9-10,14H2,1H3. The maximum absolute atomic E-state index is 13.8. The third-order valence-electron chi connectivity index (χ3n) is 6.78. The number of hydrogen-bond acceptors (Lipinski definition) is 4. The van der Waals surface area contributed by atoms with Crippen LogP contribution in [0.4, 0.5) is 26.3 Å². The van der Waals surface area contributed by atoms with Gasteiger partial charge in [0.15, 0.2) is 0 Å². The maximum Gasteiger partial charge on any atom is 0.416 e. The molecule has 0 saturated carbocycles. The normalized spacial score (nSPS) is 13.1. The number of alkyl halides is 6. The number of halogens is 6. The zero-order valence-corrected chi connectivity index (χ0v) is 21.3. The van der Waals surface area contributed by atoms with Gasteiger partial charge in [-0.2, -0.15) is 26.3 Å². The van der Waals surface area contributed by atoms with E-state index in [1.807, 2.05) is 0 Å². The second kappa shape index (κ2) is 10.1. The number of rotatable bonds is 5. The van der Waals surface area contributed by atoms with Gasteiger partial charge in [-0.15, -0.1) is 0 Å². The van der Waals surface area contributed by atoms with Crippen LogP contribution in [0.3, 0.4) is 0 Å². The quantitative estimate of drug-likeness (QED) is 0.211. The fraction of sp³-hybridized carbons (Fsp3) is 0.207. The smallest absolute Gasteiger partial charge is 0.416 e. The average Bonchev–Trinajstić information content (AvgIpc) is 2.93. The Labute approximate surface area is 228 Å². The molecule has 0 bridgehead atoms. The number of nitrogens with zero attached hydrogens (tertiary/aromatic N) is 2. The molecule has 41 heavy (non-hydrogen) atoms. The highest BCUT2D eigenvalue weighted by Crippen LogP contribution is 2.38. The molecule has 0 radical (unpaired) electrons. The average molecular weight is 574 g/mol. The number of para-hydroxylation sites is 1. The Kier molecular flexibility index (Phi) is 6.88. The van der Waals surface area contributed by atoms with Crippen molar-refractivity contribution < 1.29 is 40.7 Å². The van der Waals surface area contributed by atoms with Crippen LogP contribution in [0.15, 0.2) is 65.5 Å². The molecule has 3 aromatic carbocycles. The number of hydrogen-bond donors (Lipinski definition) is 0. The van der Waals surface area contributed by atoms with E-state index in [0.717, 1.165) is 4.90 Å². The molecular weight excluding hydrogens is 554 g/mol. The van der Waals surface area contributed by atoms with Gasteiger partial charge in [0.05, 0.1) is 23.2 Å². The lowest BCUT2D eigenvalue weighted by Gasteiger charge is -2.25. The van der Waals surface area contributed by atoms with E-state index in [-0.39, 0.29) is 30.3 Å². The van der Waals surface area contributed by atoms with Crippen LogP contribution in [0.5, 0.6) is 5.75 Å². The van der Waals surface area contributed by atoms with Gasteiger partial charge in [0.25, 0.3) is 11.5 Å². The zero-order valence-electron chi connectivity index (χ0n) is 21.3. The van der Waals surface area contributed by atoms with Crippen molar-refractivity contribution in [3.8, 4) is 16.9 Å². The molecule has 12 heteroatoms. The number of ether oxygens (including phenoxy) is 1. The first kappa shape index (κ1) is 27.9. The lowest BCUT2D eigenvalue weighted by atomic mass is 9.93. The van der Waals surface area contributed by atoms with Crippen molar-refractivity contribution in [2.45, 2.75) is 25.4 Å². The monoisotopic (exact) mass is 574 g/mol. The lowest BCUT2D eigenvalue weighted by Crippen LogP contribution is -2.37. The minimum Gasteiger partial charge on any atom is -0.490 e. The van der Waals surface area contributed by atoms with E-state index >= 15 is 0 Å². The predicted octanol–water partition coefficient (Wildman–Crippen LogP) is 6.18. The molecular formula is C29H20F6N2O4. The number of aromatic nitrogens is 1. The highest BCUT2D eigenvalue weighted by Gasteiger charge is 2.37. The molecule has 1 aromatic heterocycles. The van der Waals surface area contributed by atoms with Crippen LogP contribution in [0, 0.1) is 0 Å². The molecule has 4 aromatic rings. The molecule has 0 N–H and O–H groups in total. The molecule has 212 valence electrons. The Bertz CT molecular complexity index is 1710. The van der Waals surface area contributed by atoms with E-state index in [9.17, 15) is 40.7 Å². The number of amides is 1. The van der Waals surface area contributed by atoms with Crippen molar-refractivity contribution in [3.05, 3.63) is 98.8 Å². The lowest BCUT2D eigenvalue weighted by molar-refractivity contribution is -0.143. The molecule has 0 atom stereocenters. The molecule has 0 spiro atoms. The summed E-state index contributed by atoms with van der Waals surface area (Å²) in [6.45, 7) is -0.382. The summed E-state index contributed by atoms with van der Waals surface area (Å²) < 4.78 is 87.4. The third-order valence-corrected chi connectivity index (χ3v) is 6.78. The number of carbonyl (C=O) groups excluding carboxylic acids is 2. The van der Waals surface area contributed by atoms with Gasteiger partial charge in [-0.05, 0) is 35.4 Å². The molecule has 1 aliphatic heterocycles.